The Balaban J connectivity index is 1.79. The van der Waals surface area contributed by atoms with Crippen molar-refractivity contribution >= 4 is 34.1 Å². The largest absolute Gasteiger partial charge is 0.242 e. The molecule has 0 bridgehead atoms. The summed E-state index contributed by atoms with van der Waals surface area (Å²) in [7, 11) is 0. The van der Waals surface area contributed by atoms with Crippen LogP contribution in [-0.2, 0) is 0 Å². The Bertz CT molecular complexity index is 996. The molecule has 3 aromatic heterocycles. The monoisotopic (exact) mass is 342 g/mol. The fourth-order valence-electron chi connectivity index (χ4n) is 2.17. The molecule has 0 saturated carbocycles. The molecule has 6 nitrogen and oxygen atoms in total. The maximum atomic E-state index is 6.26. The van der Waals surface area contributed by atoms with E-state index in [0.717, 1.165) is 10.9 Å². The van der Waals surface area contributed by atoms with Crippen LogP contribution in [0.5, 0.6) is 0 Å². The van der Waals surface area contributed by atoms with E-state index in [1.165, 1.54) is 4.80 Å². The molecule has 0 N–H and O–H groups in total. The van der Waals surface area contributed by atoms with E-state index in [0.29, 0.717) is 27.4 Å². The zero-order chi connectivity index (χ0) is 15.8. The maximum absolute atomic E-state index is 6.26. The number of hydrogen-bond acceptors (Lipinski definition) is 5. The lowest BCUT2D eigenvalue weighted by Crippen LogP contribution is -1.99. The molecule has 0 aliphatic carbocycles. The summed E-state index contributed by atoms with van der Waals surface area (Å²) in [6.45, 7) is 0. The molecule has 0 aliphatic rings. The van der Waals surface area contributed by atoms with Crippen molar-refractivity contribution in [3.05, 3.63) is 59.0 Å². The van der Waals surface area contributed by atoms with E-state index < -0.39 is 0 Å². The van der Waals surface area contributed by atoms with Gasteiger partial charge in [0, 0.05) is 5.39 Å². The van der Waals surface area contributed by atoms with Gasteiger partial charge in [0.1, 0.15) is 16.0 Å². The van der Waals surface area contributed by atoms with Crippen LogP contribution in [0.25, 0.3) is 28.0 Å². The second kappa shape index (κ2) is 5.57. The number of hydrogen-bond donors (Lipinski definition) is 0. The number of fused-ring (bicyclic) bond motifs is 1. The number of nitrogens with zero attached hydrogens (tertiary/aromatic N) is 6. The Kier molecular flexibility index (Phi) is 3.40. The number of tetrazole rings is 1. The number of aromatic nitrogens is 6. The molecule has 23 heavy (non-hydrogen) atoms. The van der Waals surface area contributed by atoms with Crippen molar-refractivity contribution in [2.24, 2.45) is 0 Å². The van der Waals surface area contributed by atoms with Gasteiger partial charge in [-0.3, -0.25) is 0 Å². The van der Waals surface area contributed by atoms with Crippen LogP contribution in [0.3, 0.4) is 0 Å². The predicted octanol–water partition coefficient (Wildman–Crippen LogP) is 3.58. The number of para-hydroxylation sites is 1. The van der Waals surface area contributed by atoms with E-state index in [4.69, 9.17) is 23.2 Å². The zero-order valence-corrected chi connectivity index (χ0v) is 13.1. The molecule has 0 spiro atoms. The summed E-state index contributed by atoms with van der Waals surface area (Å²) in [5.41, 5.74) is 2.09. The topological polar surface area (TPSA) is 69.4 Å². The summed E-state index contributed by atoms with van der Waals surface area (Å²) in [5.74, 6) is 0.392. The standard InChI is InChI=1S/C15H8Cl2N6/c16-13-6-5-10(8-18-13)23-21-15(20-22-23)11-7-9-3-1-2-4-12(9)19-14(11)17/h1-8H. The van der Waals surface area contributed by atoms with Gasteiger partial charge in [0.2, 0.25) is 5.82 Å². The van der Waals surface area contributed by atoms with Crippen molar-refractivity contribution in [3.8, 4) is 17.1 Å². The Labute approximate surface area is 140 Å². The molecule has 1 aromatic carbocycles. The molecule has 0 radical (unpaired) electrons. The second-order valence-electron chi connectivity index (χ2n) is 4.76. The molecular weight excluding hydrogens is 335 g/mol. The quantitative estimate of drug-likeness (QED) is 0.520. The van der Waals surface area contributed by atoms with Crippen molar-refractivity contribution in [2.75, 3.05) is 0 Å². The Morgan fingerprint density at radius 3 is 2.70 bits per heavy atom. The number of halogens is 2. The van der Waals surface area contributed by atoms with Crippen LogP contribution in [0.1, 0.15) is 0 Å². The molecule has 0 aliphatic heterocycles. The third kappa shape index (κ3) is 2.62. The summed E-state index contributed by atoms with van der Waals surface area (Å²) in [6.07, 6.45) is 1.56. The third-order valence-corrected chi connectivity index (χ3v) is 3.79. The Morgan fingerprint density at radius 1 is 1.00 bits per heavy atom. The SMILES string of the molecule is Clc1ccc(-n2nnc(-c3cc4ccccc4nc3Cl)n2)cn1. The minimum absolute atomic E-state index is 0.331. The minimum Gasteiger partial charge on any atom is -0.242 e. The van der Waals surface area contributed by atoms with Crippen LogP contribution in [0, 0.1) is 0 Å². The molecule has 0 saturated heterocycles. The normalized spacial score (nSPS) is 11.0. The van der Waals surface area contributed by atoms with Crippen molar-refractivity contribution < 1.29 is 0 Å². The van der Waals surface area contributed by atoms with E-state index in [2.05, 4.69) is 25.4 Å². The van der Waals surface area contributed by atoms with Gasteiger partial charge in [-0.2, -0.15) is 0 Å². The van der Waals surface area contributed by atoms with Gasteiger partial charge in [0.05, 0.1) is 17.3 Å². The van der Waals surface area contributed by atoms with E-state index in [9.17, 15) is 0 Å². The molecular formula is C15H8Cl2N6. The van der Waals surface area contributed by atoms with Gasteiger partial charge < -0.3 is 0 Å². The van der Waals surface area contributed by atoms with Crippen LogP contribution in [0.15, 0.2) is 48.7 Å². The van der Waals surface area contributed by atoms with Gasteiger partial charge >= 0.3 is 0 Å². The number of rotatable bonds is 2. The first-order valence-electron chi connectivity index (χ1n) is 6.68. The maximum Gasteiger partial charge on any atom is 0.208 e. The lowest BCUT2D eigenvalue weighted by atomic mass is 10.1. The van der Waals surface area contributed by atoms with E-state index in [1.807, 2.05) is 30.3 Å². The van der Waals surface area contributed by atoms with E-state index in [-0.39, 0.29) is 0 Å². The lowest BCUT2D eigenvalue weighted by Gasteiger charge is -2.02. The Morgan fingerprint density at radius 2 is 1.87 bits per heavy atom. The average Bonchev–Trinajstić information content (AvgIpc) is 3.04. The van der Waals surface area contributed by atoms with Crippen LogP contribution in [0.2, 0.25) is 10.3 Å². The summed E-state index contributed by atoms with van der Waals surface area (Å²) in [5, 5.41) is 14.1. The van der Waals surface area contributed by atoms with Crippen molar-refractivity contribution in [1.82, 2.24) is 30.2 Å². The van der Waals surface area contributed by atoms with Gasteiger partial charge in [-0.15, -0.1) is 15.0 Å². The first-order chi connectivity index (χ1) is 11.2. The first-order valence-corrected chi connectivity index (χ1v) is 7.44. The zero-order valence-electron chi connectivity index (χ0n) is 11.6. The Hall–Kier alpha value is -2.57. The number of benzene rings is 1. The summed E-state index contributed by atoms with van der Waals surface area (Å²) < 4.78 is 0. The summed E-state index contributed by atoms with van der Waals surface area (Å²) >= 11 is 12.0. The van der Waals surface area contributed by atoms with Crippen LogP contribution < -0.4 is 0 Å². The predicted molar refractivity (Wildman–Crippen MR) is 87.7 cm³/mol. The molecule has 0 amide bonds. The first kappa shape index (κ1) is 14.0. The minimum atomic E-state index is 0.331. The highest BCUT2D eigenvalue weighted by Gasteiger charge is 2.13. The van der Waals surface area contributed by atoms with Crippen LogP contribution in [-0.4, -0.2) is 30.2 Å². The highest BCUT2D eigenvalue weighted by molar-refractivity contribution is 6.32. The van der Waals surface area contributed by atoms with Gasteiger partial charge in [-0.05, 0) is 29.5 Å². The van der Waals surface area contributed by atoms with Gasteiger partial charge in [-0.1, -0.05) is 41.4 Å². The van der Waals surface area contributed by atoms with Gasteiger partial charge in [0.15, 0.2) is 0 Å². The molecule has 0 atom stereocenters. The lowest BCUT2D eigenvalue weighted by molar-refractivity contribution is 0.717. The van der Waals surface area contributed by atoms with Crippen LogP contribution >= 0.6 is 23.2 Å². The van der Waals surface area contributed by atoms with Gasteiger partial charge in [-0.25, -0.2) is 9.97 Å². The highest BCUT2D eigenvalue weighted by atomic mass is 35.5. The molecule has 4 rings (SSSR count). The van der Waals surface area contributed by atoms with Crippen molar-refractivity contribution in [1.29, 1.82) is 0 Å². The fraction of sp³-hybridized carbons (Fsp3) is 0. The molecule has 112 valence electrons. The average molecular weight is 343 g/mol. The highest BCUT2D eigenvalue weighted by Crippen LogP contribution is 2.27. The molecule has 0 unspecified atom stereocenters. The van der Waals surface area contributed by atoms with Crippen molar-refractivity contribution in [3.63, 3.8) is 0 Å². The second-order valence-corrected chi connectivity index (χ2v) is 5.51. The van der Waals surface area contributed by atoms with E-state index in [1.54, 1.807) is 18.3 Å². The molecule has 8 heteroatoms. The van der Waals surface area contributed by atoms with Gasteiger partial charge in [0.25, 0.3) is 0 Å². The molecule has 3 heterocycles. The van der Waals surface area contributed by atoms with Crippen LogP contribution in [0.4, 0.5) is 0 Å². The summed E-state index contributed by atoms with van der Waals surface area (Å²) in [4.78, 5) is 9.72. The van der Waals surface area contributed by atoms with E-state index >= 15 is 0 Å². The third-order valence-electron chi connectivity index (χ3n) is 3.27. The summed E-state index contributed by atoms with van der Waals surface area (Å²) in [6, 6.07) is 13.0. The fourth-order valence-corrected chi connectivity index (χ4v) is 2.51. The molecule has 4 aromatic rings. The number of pyridine rings is 2. The smallest absolute Gasteiger partial charge is 0.208 e. The molecule has 0 fully saturated rings. The van der Waals surface area contributed by atoms with Crippen molar-refractivity contribution in [2.45, 2.75) is 0 Å².